The van der Waals surface area contributed by atoms with E-state index in [1.54, 1.807) is 13.1 Å². The highest BCUT2D eigenvalue weighted by atomic mass is 16.3. The lowest BCUT2D eigenvalue weighted by Crippen LogP contribution is -2.45. The van der Waals surface area contributed by atoms with Gasteiger partial charge in [0.05, 0.1) is 6.10 Å². The van der Waals surface area contributed by atoms with Crippen molar-refractivity contribution in [1.29, 1.82) is 0 Å². The molecule has 2 heterocycles. The van der Waals surface area contributed by atoms with Crippen molar-refractivity contribution in [1.82, 2.24) is 9.88 Å². The molecule has 18 heavy (non-hydrogen) atoms. The molecule has 1 unspecified atom stereocenters. The zero-order valence-electron chi connectivity index (χ0n) is 11.5. The molecule has 0 spiro atoms. The summed E-state index contributed by atoms with van der Waals surface area (Å²) in [4.78, 5) is 9.09. The smallest absolute Gasteiger partial charge is 0.128 e. The third kappa shape index (κ3) is 3.00. The van der Waals surface area contributed by atoms with Crippen LogP contribution in [-0.2, 0) is 0 Å². The molecule has 2 rings (SSSR count). The van der Waals surface area contributed by atoms with Gasteiger partial charge in [-0.3, -0.25) is 0 Å². The van der Waals surface area contributed by atoms with E-state index in [9.17, 15) is 5.11 Å². The topological polar surface area (TPSA) is 39.6 Å². The number of pyridine rings is 1. The Kier molecular flexibility index (Phi) is 4.19. The minimum atomic E-state index is -0.442. The number of hydrogen-bond acceptors (Lipinski definition) is 4. The van der Waals surface area contributed by atoms with E-state index in [1.807, 2.05) is 12.1 Å². The van der Waals surface area contributed by atoms with Crippen LogP contribution in [0.5, 0.6) is 0 Å². The summed E-state index contributed by atoms with van der Waals surface area (Å²) in [5.74, 6) is 1.02. The standard InChI is InChI=1S/C14H23N3O/c1-11(18)12-6-7-14(15-9-12)17-8-4-5-13(10-17)16(2)3/h6-7,9,11,13,18H,4-5,8,10H2,1-3H3/t11-,13?/m0/s1. The van der Waals surface area contributed by atoms with Gasteiger partial charge in [-0.15, -0.1) is 0 Å². The van der Waals surface area contributed by atoms with E-state index in [-0.39, 0.29) is 0 Å². The Bertz CT molecular complexity index is 375. The monoisotopic (exact) mass is 249 g/mol. The van der Waals surface area contributed by atoms with Crippen LogP contribution in [0.1, 0.15) is 31.4 Å². The summed E-state index contributed by atoms with van der Waals surface area (Å²) >= 11 is 0. The van der Waals surface area contributed by atoms with Gasteiger partial charge in [0.1, 0.15) is 5.82 Å². The van der Waals surface area contributed by atoms with Crippen molar-refractivity contribution >= 4 is 5.82 Å². The van der Waals surface area contributed by atoms with Crippen LogP contribution < -0.4 is 4.90 Å². The first-order valence-electron chi connectivity index (χ1n) is 6.63. The molecule has 1 aromatic heterocycles. The Balaban J connectivity index is 2.06. The number of hydrogen-bond donors (Lipinski definition) is 1. The van der Waals surface area contributed by atoms with Gasteiger partial charge in [-0.25, -0.2) is 4.98 Å². The number of aliphatic hydroxyl groups is 1. The molecule has 100 valence electrons. The molecule has 1 saturated heterocycles. The van der Waals surface area contributed by atoms with Crippen molar-refractivity contribution in [2.24, 2.45) is 0 Å². The predicted octanol–water partition coefficient (Wildman–Crippen LogP) is 1.67. The largest absolute Gasteiger partial charge is 0.389 e. The fraction of sp³-hybridized carbons (Fsp3) is 0.643. The van der Waals surface area contributed by atoms with E-state index in [2.05, 4.69) is 28.9 Å². The first-order valence-corrected chi connectivity index (χ1v) is 6.63. The van der Waals surface area contributed by atoms with Gasteiger partial charge < -0.3 is 14.9 Å². The Morgan fingerprint density at radius 3 is 2.78 bits per heavy atom. The second kappa shape index (κ2) is 5.67. The highest BCUT2D eigenvalue weighted by molar-refractivity contribution is 5.40. The van der Waals surface area contributed by atoms with Crippen LogP contribution in [0.25, 0.3) is 0 Å². The molecule has 2 atom stereocenters. The Morgan fingerprint density at radius 1 is 1.44 bits per heavy atom. The van der Waals surface area contributed by atoms with Crippen LogP contribution in [0.2, 0.25) is 0 Å². The molecule has 1 fully saturated rings. The summed E-state index contributed by atoms with van der Waals surface area (Å²) < 4.78 is 0. The van der Waals surface area contributed by atoms with Crippen molar-refractivity contribution in [2.45, 2.75) is 31.9 Å². The predicted molar refractivity (Wildman–Crippen MR) is 73.8 cm³/mol. The first kappa shape index (κ1) is 13.3. The summed E-state index contributed by atoms with van der Waals surface area (Å²) in [6, 6.07) is 4.59. The average Bonchev–Trinajstić information content (AvgIpc) is 2.39. The number of anilines is 1. The van der Waals surface area contributed by atoms with Gasteiger partial charge in [0, 0.05) is 25.3 Å². The minimum absolute atomic E-state index is 0.442. The van der Waals surface area contributed by atoms with Crippen LogP contribution in [0, 0.1) is 0 Å². The molecule has 4 heteroatoms. The number of nitrogens with zero attached hydrogens (tertiary/aromatic N) is 3. The van der Waals surface area contributed by atoms with Crippen LogP contribution in [0.4, 0.5) is 5.82 Å². The molecule has 4 nitrogen and oxygen atoms in total. The second-order valence-electron chi connectivity index (χ2n) is 5.33. The van der Waals surface area contributed by atoms with Gasteiger partial charge >= 0.3 is 0 Å². The lowest BCUT2D eigenvalue weighted by atomic mass is 10.0. The number of aliphatic hydroxyl groups excluding tert-OH is 1. The van der Waals surface area contributed by atoms with Crippen LogP contribution >= 0.6 is 0 Å². The summed E-state index contributed by atoms with van der Waals surface area (Å²) in [5, 5.41) is 9.48. The number of piperidine rings is 1. The van der Waals surface area contributed by atoms with Crippen LogP contribution in [0.15, 0.2) is 18.3 Å². The summed E-state index contributed by atoms with van der Waals surface area (Å²) in [5.41, 5.74) is 0.875. The normalized spacial score (nSPS) is 22.3. The van der Waals surface area contributed by atoms with Gasteiger partial charge in [0.2, 0.25) is 0 Å². The van der Waals surface area contributed by atoms with Gasteiger partial charge in [0.15, 0.2) is 0 Å². The zero-order chi connectivity index (χ0) is 13.1. The molecule has 0 bridgehead atoms. The highest BCUT2D eigenvalue weighted by Gasteiger charge is 2.22. The van der Waals surface area contributed by atoms with E-state index in [1.165, 1.54) is 12.8 Å². The molecule has 0 saturated carbocycles. The molecule has 1 N–H and O–H groups in total. The number of aromatic nitrogens is 1. The molecule has 0 amide bonds. The van der Waals surface area contributed by atoms with Crippen LogP contribution in [-0.4, -0.2) is 48.2 Å². The molecule has 1 aliphatic rings. The molecule has 1 aromatic rings. The Morgan fingerprint density at radius 2 is 2.22 bits per heavy atom. The van der Waals surface area contributed by atoms with E-state index < -0.39 is 6.10 Å². The molecule has 0 radical (unpaired) electrons. The molecule has 0 aliphatic carbocycles. The van der Waals surface area contributed by atoms with E-state index in [0.29, 0.717) is 6.04 Å². The molecular formula is C14H23N3O. The van der Waals surface area contributed by atoms with Gasteiger partial charge in [0.25, 0.3) is 0 Å². The Labute approximate surface area is 109 Å². The minimum Gasteiger partial charge on any atom is -0.389 e. The fourth-order valence-electron chi connectivity index (χ4n) is 2.42. The summed E-state index contributed by atoms with van der Waals surface area (Å²) in [6.45, 7) is 3.87. The van der Waals surface area contributed by atoms with Crippen molar-refractivity contribution in [3.63, 3.8) is 0 Å². The van der Waals surface area contributed by atoms with Crippen molar-refractivity contribution < 1.29 is 5.11 Å². The zero-order valence-corrected chi connectivity index (χ0v) is 11.5. The van der Waals surface area contributed by atoms with Crippen molar-refractivity contribution in [2.75, 3.05) is 32.1 Å². The van der Waals surface area contributed by atoms with Gasteiger partial charge in [-0.1, -0.05) is 6.07 Å². The quantitative estimate of drug-likeness (QED) is 0.884. The van der Waals surface area contributed by atoms with Crippen molar-refractivity contribution in [3.8, 4) is 0 Å². The number of rotatable bonds is 3. The maximum Gasteiger partial charge on any atom is 0.128 e. The maximum absolute atomic E-state index is 9.48. The molecular weight excluding hydrogens is 226 g/mol. The van der Waals surface area contributed by atoms with Crippen LogP contribution in [0.3, 0.4) is 0 Å². The van der Waals surface area contributed by atoms with E-state index in [0.717, 1.165) is 24.5 Å². The second-order valence-corrected chi connectivity index (χ2v) is 5.33. The number of likely N-dealkylation sites (N-methyl/N-ethyl adjacent to an activating group) is 1. The Hall–Kier alpha value is -1.13. The van der Waals surface area contributed by atoms with E-state index >= 15 is 0 Å². The molecule has 1 aliphatic heterocycles. The lowest BCUT2D eigenvalue weighted by Gasteiger charge is -2.36. The average molecular weight is 249 g/mol. The fourth-order valence-corrected chi connectivity index (χ4v) is 2.42. The third-order valence-corrected chi connectivity index (χ3v) is 3.70. The highest BCUT2D eigenvalue weighted by Crippen LogP contribution is 2.21. The summed E-state index contributed by atoms with van der Waals surface area (Å²) in [7, 11) is 4.27. The SMILES string of the molecule is C[C@H](O)c1ccc(N2CCCC(N(C)C)C2)nc1. The van der Waals surface area contributed by atoms with E-state index in [4.69, 9.17) is 0 Å². The summed E-state index contributed by atoms with van der Waals surface area (Å²) in [6.07, 6.45) is 3.81. The first-order chi connectivity index (χ1) is 8.58. The maximum atomic E-state index is 9.48. The lowest BCUT2D eigenvalue weighted by molar-refractivity contribution is 0.199. The third-order valence-electron chi connectivity index (χ3n) is 3.70. The van der Waals surface area contributed by atoms with Gasteiger partial charge in [-0.2, -0.15) is 0 Å². The van der Waals surface area contributed by atoms with Crippen molar-refractivity contribution in [3.05, 3.63) is 23.9 Å². The molecule has 0 aromatic carbocycles. The van der Waals surface area contributed by atoms with Gasteiger partial charge in [-0.05, 0) is 45.5 Å².